The third-order valence-electron chi connectivity index (χ3n) is 3.00. The first-order chi connectivity index (χ1) is 8.72. The molecule has 0 aromatic heterocycles. The lowest BCUT2D eigenvalue weighted by Gasteiger charge is -2.17. The minimum Gasteiger partial charge on any atom is -0.325 e. The lowest BCUT2D eigenvalue weighted by molar-refractivity contribution is 0.0979. The number of fused-ring (bicyclic) bond motifs is 2. The molecule has 1 aliphatic rings. The Bertz CT molecular complexity index is 676. The summed E-state index contributed by atoms with van der Waals surface area (Å²) >= 11 is 0.563. The van der Waals surface area contributed by atoms with Crippen LogP contribution in [0.25, 0.3) is 0 Å². The number of ketones is 2. The highest BCUT2D eigenvalue weighted by atomic mass is 32.2. The zero-order chi connectivity index (χ0) is 12.7. The van der Waals surface area contributed by atoms with E-state index in [0.717, 1.165) is 0 Å². The van der Waals surface area contributed by atoms with E-state index in [4.69, 9.17) is 4.55 Å². The average Bonchev–Trinajstić information content (AvgIpc) is 2.44. The smallest absolute Gasteiger partial charge is 0.194 e. The van der Waals surface area contributed by atoms with Gasteiger partial charge in [0.05, 0.1) is 0 Å². The Labute approximate surface area is 108 Å². The zero-order valence-corrected chi connectivity index (χ0v) is 10.0. The highest BCUT2D eigenvalue weighted by Crippen LogP contribution is 2.29. The molecule has 1 aliphatic carbocycles. The van der Waals surface area contributed by atoms with E-state index in [9.17, 15) is 9.59 Å². The van der Waals surface area contributed by atoms with Crippen molar-refractivity contribution in [2.24, 2.45) is 0 Å². The zero-order valence-electron chi connectivity index (χ0n) is 9.21. The molecule has 3 rings (SSSR count). The summed E-state index contributed by atoms with van der Waals surface area (Å²) < 4.78 is 9.01. The van der Waals surface area contributed by atoms with Gasteiger partial charge in [-0.05, 0) is 18.2 Å². The maximum atomic E-state index is 12.3. The molecule has 0 heterocycles. The fraction of sp³-hybridized carbons (Fsp3) is 0. The van der Waals surface area contributed by atoms with Crippen molar-refractivity contribution >= 4 is 23.6 Å². The largest absolute Gasteiger partial charge is 0.325 e. The van der Waals surface area contributed by atoms with Crippen LogP contribution in [0.1, 0.15) is 31.8 Å². The summed E-state index contributed by atoms with van der Waals surface area (Å²) in [7, 11) is 0. The topological polar surface area (TPSA) is 54.4 Å². The molecule has 0 radical (unpaired) electrons. The number of rotatable bonds is 1. The molecular weight excluding hydrogens is 248 g/mol. The van der Waals surface area contributed by atoms with Crippen molar-refractivity contribution in [2.45, 2.75) is 4.90 Å². The minimum absolute atomic E-state index is 0.144. The Balaban J connectivity index is 2.27. The van der Waals surface area contributed by atoms with Crippen LogP contribution in [-0.2, 0) is 0 Å². The second-order valence-electron chi connectivity index (χ2n) is 4.00. The Morgan fingerprint density at radius 3 is 1.94 bits per heavy atom. The van der Waals surface area contributed by atoms with Gasteiger partial charge >= 0.3 is 0 Å². The van der Waals surface area contributed by atoms with E-state index in [1.165, 1.54) is 0 Å². The monoisotopic (exact) mass is 256 g/mol. The van der Waals surface area contributed by atoms with Crippen LogP contribution in [0.15, 0.2) is 47.4 Å². The third kappa shape index (κ3) is 1.50. The van der Waals surface area contributed by atoms with Gasteiger partial charge in [-0.1, -0.05) is 24.3 Å². The molecule has 18 heavy (non-hydrogen) atoms. The van der Waals surface area contributed by atoms with E-state index in [1.807, 2.05) is 0 Å². The van der Waals surface area contributed by atoms with Gasteiger partial charge in [0.2, 0.25) is 0 Å². The average molecular weight is 256 g/mol. The molecule has 0 saturated carbocycles. The maximum absolute atomic E-state index is 12.3. The summed E-state index contributed by atoms with van der Waals surface area (Å²) in [6, 6.07) is 11.6. The molecule has 0 aliphatic heterocycles. The van der Waals surface area contributed by atoms with Crippen molar-refractivity contribution in [2.75, 3.05) is 0 Å². The molecule has 2 aromatic carbocycles. The third-order valence-corrected chi connectivity index (χ3v) is 3.47. The number of hydrogen-bond donors (Lipinski definition) is 1. The van der Waals surface area contributed by atoms with Crippen LogP contribution in [0.4, 0.5) is 0 Å². The lowest BCUT2D eigenvalue weighted by Crippen LogP contribution is -2.20. The van der Waals surface area contributed by atoms with Crippen molar-refractivity contribution in [1.29, 1.82) is 0 Å². The number of carbonyl (C=O) groups excluding carboxylic acids is 2. The molecule has 4 heteroatoms. The van der Waals surface area contributed by atoms with Crippen LogP contribution in [0, 0.1) is 0 Å². The van der Waals surface area contributed by atoms with Gasteiger partial charge in [0, 0.05) is 39.2 Å². The molecule has 0 bridgehead atoms. The summed E-state index contributed by atoms with van der Waals surface area (Å²) in [5.41, 5.74) is 1.63. The molecule has 0 unspecified atom stereocenters. The predicted molar refractivity (Wildman–Crippen MR) is 68.2 cm³/mol. The van der Waals surface area contributed by atoms with Crippen molar-refractivity contribution < 1.29 is 14.1 Å². The first kappa shape index (κ1) is 11.2. The molecule has 0 atom stereocenters. The molecule has 2 aromatic rings. The number of benzene rings is 2. The molecule has 1 N–H and O–H groups in total. The summed E-state index contributed by atoms with van der Waals surface area (Å²) in [4.78, 5) is 25.1. The van der Waals surface area contributed by atoms with Crippen LogP contribution in [0.2, 0.25) is 0 Å². The number of hydrogen-bond acceptors (Lipinski definition) is 4. The first-order valence-corrected chi connectivity index (χ1v) is 6.13. The number of carbonyl (C=O) groups is 2. The second kappa shape index (κ2) is 4.08. The fourth-order valence-electron chi connectivity index (χ4n) is 2.14. The van der Waals surface area contributed by atoms with Crippen LogP contribution < -0.4 is 0 Å². The molecular formula is C14H8O3S. The maximum Gasteiger partial charge on any atom is 0.194 e. The highest BCUT2D eigenvalue weighted by molar-refractivity contribution is 7.93. The molecule has 3 nitrogen and oxygen atoms in total. The summed E-state index contributed by atoms with van der Waals surface area (Å²) in [5.74, 6) is -0.314. The van der Waals surface area contributed by atoms with Gasteiger partial charge < -0.3 is 4.55 Å². The predicted octanol–water partition coefficient (Wildman–Crippen LogP) is 3.03. The van der Waals surface area contributed by atoms with Crippen LogP contribution >= 0.6 is 12.0 Å². The van der Waals surface area contributed by atoms with Gasteiger partial charge in [-0.15, -0.1) is 0 Å². The quantitative estimate of drug-likeness (QED) is 0.680. The van der Waals surface area contributed by atoms with E-state index < -0.39 is 0 Å². The Hall–Kier alpha value is -1.91. The Morgan fingerprint density at radius 1 is 0.778 bits per heavy atom. The van der Waals surface area contributed by atoms with E-state index in [1.54, 1.807) is 42.5 Å². The Kier molecular flexibility index (Phi) is 2.54. The minimum atomic E-state index is -0.170. The fourth-order valence-corrected chi connectivity index (χ4v) is 2.43. The van der Waals surface area contributed by atoms with Gasteiger partial charge in [0.25, 0.3) is 0 Å². The normalized spacial score (nSPS) is 13.2. The van der Waals surface area contributed by atoms with E-state index in [-0.39, 0.29) is 11.6 Å². The van der Waals surface area contributed by atoms with Crippen molar-refractivity contribution in [1.82, 2.24) is 0 Å². The van der Waals surface area contributed by atoms with Crippen molar-refractivity contribution in [3.8, 4) is 0 Å². The van der Waals surface area contributed by atoms with Crippen LogP contribution in [0.3, 0.4) is 0 Å². The molecule has 0 amide bonds. The van der Waals surface area contributed by atoms with Crippen molar-refractivity contribution in [3.05, 3.63) is 64.7 Å². The van der Waals surface area contributed by atoms with Crippen LogP contribution in [0.5, 0.6) is 0 Å². The summed E-state index contributed by atoms with van der Waals surface area (Å²) in [5, 5.41) is 0. The van der Waals surface area contributed by atoms with Crippen molar-refractivity contribution in [3.63, 3.8) is 0 Å². The van der Waals surface area contributed by atoms with Gasteiger partial charge in [0.1, 0.15) is 0 Å². The molecule has 0 spiro atoms. The van der Waals surface area contributed by atoms with E-state index in [0.29, 0.717) is 39.2 Å². The first-order valence-electron chi connectivity index (χ1n) is 5.36. The van der Waals surface area contributed by atoms with E-state index in [2.05, 4.69) is 0 Å². The molecule has 88 valence electrons. The van der Waals surface area contributed by atoms with Gasteiger partial charge in [-0.3, -0.25) is 9.59 Å². The summed E-state index contributed by atoms with van der Waals surface area (Å²) in [6.07, 6.45) is 0. The van der Waals surface area contributed by atoms with Gasteiger partial charge in [-0.2, -0.15) is 0 Å². The van der Waals surface area contributed by atoms with Gasteiger partial charge in [0.15, 0.2) is 11.6 Å². The molecule has 0 fully saturated rings. The highest BCUT2D eigenvalue weighted by Gasteiger charge is 2.29. The van der Waals surface area contributed by atoms with Crippen LogP contribution in [-0.4, -0.2) is 16.1 Å². The van der Waals surface area contributed by atoms with E-state index >= 15 is 0 Å². The standard InChI is InChI=1S/C14H8O3S/c15-13-9-3-1-2-4-10(9)14(16)12-7-8(18-17)5-6-11(12)13/h1-7,17H. The molecule has 0 saturated heterocycles. The lowest BCUT2D eigenvalue weighted by atomic mass is 9.84. The SMILES string of the molecule is O=C1c2ccccc2C(=O)c2cc(SO)ccc21. The second-order valence-corrected chi connectivity index (χ2v) is 4.66. The van der Waals surface area contributed by atoms with Gasteiger partial charge in [-0.25, -0.2) is 0 Å². The summed E-state index contributed by atoms with van der Waals surface area (Å²) in [6.45, 7) is 0. The Morgan fingerprint density at radius 2 is 1.33 bits per heavy atom.